The second kappa shape index (κ2) is 6.47. The van der Waals surface area contributed by atoms with Crippen molar-refractivity contribution in [1.82, 2.24) is 0 Å². The van der Waals surface area contributed by atoms with E-state index in [1.165, 1.54) is 39.2 Å². The second-order valence-corrected chi connectivity index (χ2v) is 4.46. The van der Waals surface area contributed by atoms with Gasteiger partial charge in [0.2, 0.25) is 0 Å². The van der Waals surface area contributed by atoms with Crippen molar-refractivity contribution in [2.24, 2.45) is 0 Å². The van der Waals surface area contributed by atoms with Crippen molar-refractivity contribution < 1.29 is 23.8 Å². The Hall–Kier alpha value is -1.69. The molecule has 0 spiro atoms. The second-order valence-electron chi connectivity index (χ2n) is 3.64. The zero-order valence-electron chi connectivity index (χ0n) is 11.5. The maximum absolute atomic E-state index is 11.9. The standard InChI is InChI=1S/C13H16O5S/c1-7-9(16-2)6-8(12(14)17-3)10(11(7)19-5)13(15)18-4/h6H,1-5H3. The molecule has 0 saturated carbocycles. The van der Waals surface area contributed by atoms with Gasteiger partial charge in [0.1, 0.15) is 5.75 Å². The van der Waals surface area contributed by atoms with Crippen LogP contribution < -0.4 is 4.74 Å². The van der Waals surface area contributed by atoms with Gasteiger partial charge in [-0.25, -0.2) is 9.59 Å². The van der Waals surface area contributed by atoms with Gasteiger partial charge in [0, 0.05) is 10.5 Å². The van der Waals surface area contributed by atoms with Crippen molar-refractivity contribution in [2.45, 2.75) is 11.8 Å². The average Bonchev–Trinajstić information content (AvgIpc) is 2.44. The lowest BCUT2D eigenvalue weighted by Crippen LogP contribution is -2.14. The van der Waals surface area contributed by atoms with Crippen LogP contribution in [-0.4, -0.2) is 39.5 Å². The Balaban J connectivity index is 3.67. The zero-order valence-corrected chi connectivity index (χ0v) is 12.3. The normalized spacial score (nSPS) is 9.95. The van der Waals surface area contributed by atoms with E-state index in [0.717, 1.165) is 5.56 Å². The van der Waals surface area contributed by atoms with Crippen LogP contribution in [0.3, 0.4) is 0 Å². The number of methoxy groups -OCH3 is 3. The zero-order chi connectivity index (χ0) is 14.6. The first-order valence-electron chi connectivity index (χ1n) is 5.44. The summed E-state index contributed by atoms with van der Waals surface area (Å²) in [7, 11) is 4.03. The van der Waals surface area contributed by atoms with Crippen molar-refractivity contribution in [2.75, 3.05) is 27.6 Å². The molecule has 0 aliphatic rings. The van der Waals surface area contributed by atoms with Crippen LogP contribution >= 0.6 is 11.8 Å². The summed E-state index contributed by atoms with van der Waals surface area (Å²) in [6.07, 6.45) is 1.81. The molecule has 0 aliphatic heterocycles. The van der Waals surface area contributed by atoms with Crippen molar-refractivity contribution in [3.63, 3.8) is 0 Å². The summed E-state index contributed by atoms with van der Waals surface area (Å²) in [5, 5.41) is 0. The maximum Gasteiger partial charge on any atom is 0.339 e. The molecular formula is C13H16O5S. The maximum atomic E-state index is 11.9. The minimum atomic E-state index is -0.603. The fourth-order valence-electron chi connectivity index (χ4n) is 1.78. The van der Waals surface area contributed by atoms with Gasteiger partial charge in [0.15, 0.2) is 0 Å². The Morgan fingerprint density at radius 3 is 2.11 bits per heavy atom. The predicted octanol–water partition coefficient (Wildman–Crippen LogP) is 2.30. The molecule has 1 rings (SSSR count). The predicted molar refractivity (Wildman–Crippen MR) is 72.2 cm³/mol. The third-order valence-electron chi connectivity index (χ3n) is 2.70. The summed E-state index contributed by atoms with van der Waals surface area (Å²) < 4.78 is 14.7. The monoisotopic (exact) mass is 284 g/mol. The summed E-state index contributed by atoms with van der Waals surface area (Å²) in [4.78, 5) is 24.4. The Labute approximate surface area is 116 Å². The number of esters is 2. The minimum Gasteiger partial charge on any atom is -0.496 e. The number of carbonyl (C=O) groups is 2. The molecule has 104 valence electrons. The number of thioether (sulfide) groups is 1. The van der Waals surface area contributed by atoms with Gasteiger partial charge in [0.25, 0.3) is 0 Å². The van der Waals surface area contributed by atoms with Gasteiger partial charge in [-0.05, 0) is 19.2 Å². The smallest absolute Gasteiger partial charge is 0.339 e. The summed E-state index contributed by atoms with van der Waals surface area (Å²) in [6, 6.07) is 1.49. The van der Waals surface area contributed by atoms with Gasteiger partial charge in [-0.15, -0.1) is 11.8 Å². The summed E-state index contributed by atoms with van der Waals surface area (Å²) in [5.41, 5.74) is 1.13. The summed E-state index contributed by atoms with van der Waals surface area (Å²) >= 11 is 1.35. The van der Waals surface area contributed by atoms with E-state index in [9.17, 15) is 9.59 Å². The van der Waals surface area contributed by atoms with Crippen molar-refractivity contribution >= 4 is 23.7 Å². The van der Waals surface area contributed by atoms with E-state index in [0.29, 0.717) is 10.6 Å². The number of rotatable bonds is 4. The van der Waals surface area contributed by atoms with Crippen molar-refractivity contribution in [3.05, 3.63) is 22.8 Å². The van der Waals surface area contributed by atoms with Crippen molar-refractivity contribution in [3.8, 4) is 5.75 Å². The first kappa shape index (κ1) is 15.4. The Morgan fingerprint density at radius 2 is 1.68 bits per heavy atom. The number of ether oxygens (including phenoxy) is 3. The van der Waals surface area contributed by atoms with Gasteiger partial charge in [-0.2, -0.15) is 0 Å². The number of hydrogen-bond donors (Lipinski definition) is 0. The molecule has 0 amide bonds. The molecular weight excluding hydrogens is 268 g/mol. The number of benzene rings is 1. The lowest BCUT2D eigenvalue weighted by atomic mass is 10.0. The van der Waals surface area contributed by atoms with Crippen LogP contribution in [0.1, 0.15) is 26.3 Å². The van der Waals surface area contributed by atoms with E-state index in [1.54, 1.807) is 0 Å². The lowest BCUT2D eigenvalue weighted by Gasteiger charge is -2.16. The van der Waals surface area contributed by atoms with Crippen LogP contribution in [0.25, 0.3) is 0 Å². The van der Waals surface area contributed by atoms with Gasteiger partial charge < -0.3 is 14.2 Å². The molecule has 5 nitrogen and oxygen atoms in total. The molecule has 0 aliphatic carbocycles. The van der Waals surface area contributed by atoms with E-state index in [1.807, 2.05) is 13.2 Å². The van der Waals surface area contributed by atoms with E-state index >= 15 is 0 Å². The average molecular weight is 284 g/mol. The first-order valence-corrected chi connectivity index (χ1v) is 6.66. The quantitative estimate of drug-likeness (QED) is 0.624. The summed E-state index contributed by atoms with van der Waals surface area (Å²) in [6.45, 7) is 1.82. The van der Waals surface area contributed by atoms with Gasteiger partial charge in [-0.3, -0.25) is 0 Å². The van der Waals surface area contributed by atoms with Crippen LogP contribution in [0.4, 0.5) is 0 Å². The highest BCUT2D eigenvalue weighted by Crippen LogP contribution is 2.35. The van der Waals surface area contributed by atoms with Gasteiger partial charge in [-0.1, -0.05) is 0 Å². The molecule has 0 saturated heterocycles. The molecule has 0 heterocycles. The third kappa shape index (κ3) is 2.84. The highest BCUT2D eigenvalue weighted by atomic mass is 32.2. The van der Waals surface area contributed by atoms with Crippen molar-refractivity contribution in [1.29, 1.82) is 0 Å². The van der Waals surface area contributed by atoms with E-state index in [-0.39, 0.29) is 11.1 Å². The minimum absolute atomic E-state index is 0.140. The van der Waals surface area contributed by atoms with Crippen LogP contribution in [0.5, 0.6) is 5.75 Å². The highest BCUT2D eigenvalue weighted by Gasteiger charge is 2.26. The SMILES string of the molecule is COC(=O)c1cc(OC)c(C)c(SC)c1C(=O)OC. The number of carbonyl (C=O) groups excluding carboxylic acids is 2. The molecule has 1 aromatic carbocycles. The molecule has 19 heavy (non-hydrogen) atoms. The van der Waals surface area contributed by atoms with E-state index < -0.39 is 11.9 Å². The first-order chi connectivity index (χ1) is 9.01. The summed E-state index contributed by atoms with van der Waals surface area (Å²) in [5.74, 6) is -0.651. The highest BCUT2D eigenvalue weighted by molar-refractivity contribution is 7.98. The molecule has 6 heteroatoms. The Bertz CT molecular complexity index is 510. The molecule has 0 fully saturated rings. The van der Waals surface area contributed by atoms with E-state index in [4.69, 9.17) is 14.2 Å². The molecule has 0 unspecified atom stereocenters. The van der Waals surface area contributed by atoms with Crippen LogP contribution in [0, 0.1) is 6.92 Å². The van der Waals surface area contributed by atoms with Gasteiger partial charge >= 0.3 is 11.9 Å². The molecule has 0 radical (unpaired) electrons. The number of hydrogen-bond acceptors (Lipinski definition) is 6. The Morgan fingerprint density at radius 1 is 1.11 bits per heavy atom. The van der Waals surface area contributed by atoms with Gasteiger partial charge in [0.05, 0.1) is 32.5 Å². The van der Waals surface area contributed by atoms with E-state index in [2.05, 4.69) is 0 Å². The topological polar surface area (TPSA) is 61.8 Å². The molecule has 0 atom stereocenters. The fraction of sp³-hybridized carbons (Fsp3) is 0.385. The lowest BCUT2D eigenvalue weighted by molar-refractivity contribution is 0.0551. The fourth-order valence-corrected chi connectivity index (χ4v) is 2.58. The molecule has 0 bridgehead atoms. The Kier molecular flexibility index (Phi) is 5.23. The third-order valence-corrected chi connectivity index (χ3v) is 3.62. The van der Waals surface area contributed by atoms with Crippen LogP contribution in [0.15, 0.2) is 11.0 Å². The van der Waals surface area contributed by atoms with Crippen LogP contribution in [0.2, 0.25) is 0 Å². The van der Waals surface area contributed by atoms with Crippen LogP contribution in [-0.2, 0) is 9.47 Å². The molecule has 0 aromatic heterocycles. The largest absolute Gasteiger partial charge is 0.496 e. The molecule has 0 N–H and O–H groups in total. The molecule has 1 aromatic rings.